The van der Waals surface area contributed by atoms with Gasteiger partial charge in [-0.3, -0.25) is 4.79 Å². The van der Waals surface area contributed by atoms with Gasteiger partial charge in [-0.05, 0) is 19.3 Å². The molecule has 6 nitrogen and oxygen atoms in total. The highest BCUT2D eigenvalue weighted by molar-refractivity contribution is 7.99. The lowest BCUT2D eigenvalue weighted by molar-refractivity contribution is -0.141. The van der Waals surface area contributed by atoms with Crippen molar-refractivity contribution in [2.75, 3.05) is 31.3 Å². The third kappa shape index (κ3) is 48.5. The van der Waals surface area contributed by atoms with Crippen LogP contribution in [0.2, 0.25) is 0 Å². The van der Waals surface area contributed by atoms with E-state index in [1.807, 2.05) is 0 Å². The summed E-state index contributed by atoms with van der Waals surface area (Å²) < 4.78 is 12.5. The summed E-state index contributed by atoms with van der Waals surface area (Å²) >= 11 is 1.56. The van der Waals surface area contributed by atoms with E-state index in [0.29, 0.717) is 24.5 Å². The molecule has 0 aromatic heterocycles. The Hall–Kier alpha value is -0.790. The van der Waals surface area contributed by atoms with Gasteiger partial charge < -0.3 is 19.9 Å². The Morgan fingerprint density at radius 2 is 0.738 bits per heavy atom. The number of rotatable bonds is 53. The van der Waals surface area contributed by atoms with Crippen LogP contribution in [-0.2, 0) is 19.1 Å². The Kier molecular flexibility index (Phi) is 51.2. The highest BCUT2D eigenvalue weighted by Crippen LogP contribution is 2.17. The second-order valence-electron chi connectivity index (χ2n) is 18.7. The maximum atomic E-state index is 12.7. The molecule has 61 heavy (non-hydrogen) atoms. The summed E-state index contributed by atoms with van der Waals surface area (Å²) in [6.45, 7) is 8.87. The fraction of sp³-hybridized carbons (Fsp3) is 0.963. The number of hydrogen-bond acceptors (Lipinski definition) is 5. The van der Waals surface area contributed by atoms with Crippen molar-refractivity contribution >= 4 is 23.6 Å². The average molecular weight is 883 g/mol. The van der Waals surface area contributed by atoms with Crippen molar-refractivity contribution in [2.24, 2.45) is 0 Å². The SMILES string of the molecule is CCCCCCCCCCCCCCCCOC[C@H](CSC[C@@H](NC(=O)CCCCCCCCCCCCCCC)C(=O)O)OCCCCCCCCCCCCCCCC. The predicted octanol–water partition coefficient (Wildman–Crippen LogP) is 17.1. The molecule has 0 aliphatic heterocycles. The number of carboxylic acid groups (broad SMARTS) is 1. The van der Waals surface area contributed by atoms with Gasteiger partial charge in [-0.15, -0.1) is 0 Å². The minimum atomic E-state index is -0.958. The summed E-state index contributed by atoms with van der Waals surface area (Å²) in [6.07, 6.45) is 54.4. The lowest BCUT2D eigenvalue weighted by atomic mass is 10.0. The summed E-state index contributed by atoms with van der Waals surface area (Å²) in [5, 5.41) is 12.7. The van der Waals surface area contributed by atoms with E-state index >= 15 is 0 Å². The molecule has 0 bridgehead atoms. The number of aliphatic carboxylic acids is 1. The van der Waals surface area contributed by atoms with Crippen LogP contribution in [0.3, 0.4) is 0 Å². The first kappa shape index (κ1) is 60.2. The van der Waals surface area contributed by atoms with Crippen molar-refractivity contribution in [3.8, 4) is 0 Å². The maximum absolute atomic E-state index is 12.7. The second-order valence-corrected chi connectivity index (χ2v) is 19.8. The Labute approximate surface area is 385 Å². The highest BCUT2D eigenvalue weighted by Gasteiger charge is 2.21. The minimum absolute atomic E-state index is 0.0606. The van der Waals surface area contributed by atoms with E-state index in [1.165, 1.54) is 231 Å². The van der Waals surface area contributed by atoms with E-state index in [-0.39, 0.29) is 12.0 Å². The van der Waals surface area contributed by atoms with Crippen LogP contribution in [0, 0.1) is 0 Å². The lowest BCUT2D eigenvalue weighted by Crippen LogP contribution is -2.42. The van der Waals surface area contributed by atoms with Crippen LogP contribution in [0.1, 0.15) is 290 Å². The van der Waals surface area contributed by atoms with Gasteiger partial charge in [0.2, 0.25) is 5.91 Å². The normalized spacial score (nSPS) is 12.6. The molecule has 0 aromatic carbocycles. The third-order valence-electron chi connectivity index (χ3n) is 12.5. The van der Waals surface area contributed by atoms with Crippen molar-refractivity contribution in [2.45, 2.75) is 303 Å². The zero-order valence-electron chi connectivity index (χ0n) is 41.4. The molecule has 0 radical (unpaired) electrons. The molecule has 0 aromatic rings. The van der Waals surface area contributed by atoms with Crippen molar-refractivity contribution in [3.63, 3.8) is 0 Å². The third-order valence-corrected chi connectivity index (χ3v) is 13.7. The van der Waals surface area contributed by atoms with Gasteiger partial charge >= 0.3 is 5.97 Å². The smallest absolute Gasteiger partial charge is 0.327 e. The zero-order chi connectivity index (χ0) is 44.4. The molecular formula is C54H107NO5S. The molecule has 0 aliphatic carbocycles. The Morgan fingerprint density at radius 3 is 1.08 bits per heavy atom. The van der Waals surface area contributed by atoms with Gasteiger partial charge in [-0.25, -0.2) is 4.79 Å². The first-order valence-corrected chi connectivity index (χ1v) is 28.5. The maximum Gasteiger partial charge on any atom is 0.327 e. The molecule has 1 amide bonds. The van der Waals surface area contributed by atoms with Crippen LogP contribution in [0.4, 0.5) is 0 Å². The lowest BCUT2D eigenvalue weighted by Gasteiger charge is -2.20. The van der Waals surface area contributed by atoms with E-state index in [1.54, 1.807) is 11.8 Å². The highest BCUT2D eigenvalue weighted by atomic mass is 32.2. The second kappa shape index (κ2) is 51.8. The first-order chi connectivity index (χ1) is 30.0. The molecule has 2 N–H and O–H groups in total. The fourth-order valence-electron chi connectivity index (χ4n) is 8.37. The van der Waals surface area contributed by atoms with E-state index in [4.69, 9.17) is 9.47 Å². The Bertz CT molecular complexity index is 874. The molecule has 0 rings (SSSR count). The number of thioether (sulfide) groups is 1. The summed E-state index contributed by atoms with van der Waals surface area (Å²) in [4.78, 5) is 24.8. The quantitative estimate of drug-likeness (QED) is 0.0592. The van der Waals surface area contributed by atoms with E-state index in [2.05, 4.69) is 26.1 Å². The average Bonchev–Trinajstić information content (AvgIpc) is 3.25. The number of amides is 1. The topological polar surface area (TPSA) is 84.9 Å². The van der Waals surface area contributed by atoms with Gasteiger partial charge in [0.15, 0.2) is 0 Å². The Morgan fingerprint density at radius 1 is 0.426 bits per heavy atom. The molecule has 0 aliphatic rings. The van der Waals surface area contributed by atoms with E-state index < -0.39 is 12.0 Å². The molecule has 0 saturated carbocycles. The summed E-state index contributed by atoms with van der Waals surface area (Å²) in [6, 6.07) is -0.873. The number of carbonyl (C=O) groups excluding carboxylic acids is 1. The fourth-order valence-corrected chi connectivity index (χ4v) is 9.42. The van der Waals surface area contributed by atoms with Crippen molar-refractivity contribution in [1.29, 1.82) is 0 Å². The summed E-state index contributed by atoms with van der Waals surface area (Å²) in [5.74, 6) is -0.0777. The summed E-state index contributed by atoms with van der Waals surface area (Å²) in [5.41, 5.74) is 0. The van der Waals surface area contributed by atoms with E-state index in [0.717, 1.165) is 45.3 Å². The minimum Gasteiger partial charge on any atom is -0.480 e. The molecule has 0 unspecified atom stereocenters. The standard InChI is InChI=1S/C54H107NO5S/c1-4-7-10-13-16-19-22-25-28-31-34-37-40-43-46-59-48-51(60-47-44-41-38-35-32-29-26-23-20-17-14-11-8-5-2)49-61-50-52(54(57)58)55-53(56)45-42-39-36-33-30-27-24-21-18-15-12-9-6-3/h51-52H,4-50H2,1-3H3,(H,55,56)(H,57,58)/t51-,52-/m1/s1. The molecular weight excluding hydrogens is 775 g/mol. The zero-order valence-corrected chi connectivity index (χ0v) is 42.2. The van der Waals surface area contributed by atoms with E-state index in [9.17, 15) is 14.7 Å². The number of carboxylic acids is 1. The van der Waals surface area contributed by atoms with Gasteiger partial charge in [0, 0.05) is 31.1 Å². The van der Waals surface area contributed by atoms with Crippen LogP contribution in [0.25, 0.3) is 0 Å². The molecule has 2 atom stereocenters. The number of unbranched alkanes of at least 4 members (excludes halogenated alkanes) is 38. The van der Waals surface area contributed by atoms with Crippen LogP contribution < -0.4 is 5.32 Å². The first-order valence-electron chi connectivity index (χ1n) is 27.3. The van der Waals surface area contributed by atoms with Crippen molar-refractivity contribution < 1.29 is 24.2 Å². The van der Waals surface area contributed by atoms with Gasteiger partial charge in [0.1, 0.15) is 6.04 Å². The largest absolute Gasteiger partial charge is 0.480 e. The molecule has 0 fully saturated rings. The van der Waals surface area contributed by atoms with Crippen molar-refractivity contribution in [1.82, 2.24) is 5.32 Å². The molecule has 0 saturated heterocycles. The van der Waals surface area contributed by atoms with Crippen molar-refractivity contribution in [3.05, 3.63) is 0 Å². The van der Waals surface area contributed by atoms with Gasteiger partial charge in [-0.1, -0.05) is 265 Å². The number of ether oxygens (including phenoxy) is 2. The Balaban J connectivity index is 4.35. The number of nitrogens with one attached hydrogen (secondary N) is 1. The van der Waals surface area contributed by atoms with Gasteiger partial charge in [0.05, 0.1) is 12.7 Å². The number of hydrogen-bond donors (Lipinski definition) is 2. The molecule has 364 valence electrons. The van der Waals surface area contributed by atoms with Crippen LogP contribution >= 0.6 is 11.8 Å². The molecule has 0 spiro atoms. The van der Waals surface area contributed by atoms with Crippen LogP contribution in [0.5, 0.6) is 0 Å². The number of carbonyl (C=O) groups is 2. The van der Waals surface area contributed by atoms with Gasteiger partial charge in [-0.2, -0.15) is 11.8 Å². The molecule has 0 heterocycles. The van der Waals surface area contributed by atoms with Crippen LogP contribution in [0.15, 0.2) is 0 Å². The van der Waals surface area contributed by atoms with Gasteiger partial charge in [0.25, 0.3) is 0 Å². The monoisotopic (exact) mass is 882 g/mol. The molecule has 7 heteroatoms. The van der Waals surface area contributed by atoms with Crippen LogP contribution in [-0.4, -0.2) is 60.5 Å². The predicted molar refractivity (Wildman–Crippen MR) is 268 cm³/mol. The summed E-state index contributed by atoms with van der Waals surface area (Å²) in [7, 11) is 0.